The molecule has 1 aliphatic rings. The van der Waals surface area contributed by atoms with Crippen LogP contribution in [0.2, 0.25) is 0 Å². The van der Waals surface area contributed by atoms with Crippen molar-refractivity contribution in [2.75, 3.05) is 58.3 Å². The topological polar surface area (TPSA) is 403 Å². The van der Waals surface area contributed by atoms with E-state index < -0.39 is 81.9 Å². The van der Waals surface area contributed by atoms with E-state index in [1.807, 2.05) is 0 Å². The molecule has 0 heterocycles. The van der Waals surface area contributed by atoms with E-state index in [4.69, 9.17) is 26.0 Å². The number of carbonyl (C=O) groups is 11. The summed E-state index contributed by atoms with van der Waals surface area (Å²) < 4.78 is 10.9. The Morgan fingerprint density at radius 3 is 1.88 bits per heavy atom. The number of aldehydes is 1. The maximum absolute atomic E-state index is 12.7. The number of ether oxygens (including phenoxy) is 2. The molecular formula is C55H91N9O16. The third-order valence-electron chi connectivity index (χ3n) is 13.3. The molecule has 1 aliphatic carbocycles. The predicted octanol–water partition coefficient (Wildman–Crippen LogP) is 1.83. The maximum Gasteiger partial charge on any atom is 0.326 e. The number of amides is 6. The summed E-state index contributed by atoms with van der Waals surface area (Å²) in [7, 11) is 0. The Balaban J connectivity index is 0.000000800. The average molecular weight is 1130 g/mol. The Hall–Kier alpha value is -6.57. The number of Topliss-reactive ketones (excluding diaryl/α,β-unsaturated/α-hetero) is 1. The van der Waals surface area contributed by atoms with Crippen LogP contribution < -0.4 is 48.7 Å². The van der Waals surface area contributed by atoms with Gasteiger partial charge < -0.3 is 73.0 Å². The van der Waals surface area contributed by atoms with Gasteiger partial charge >= 0.3 is 17.9 Å². The monoisotopic (exact) mass is 1130 g/mol. The zero-order valence-corrected chi connectivity index (χ0v) is 48.2. The van der Waals surface area contributed by atoms with Gasteiger partial charge in [-0.05, 0) is 143 Å². The Bertz CT molecular complexity index is 2210. The van der Waals surface area contributed by atoms with Crippen LogP contribution in [0.1, 0.15) is 150 Å². The largest absolute Gasteiger partial charge is 0.481 e. The number of nitrogen functional groups attached to an aromatic ring is 1. The Morgan fingerprint density at radius 1 is 0.688 bits per heavy atom. The Kier molecular flexibility index (Phi) is 31.5. The van der Waals surface area contributed by atoms with Crippen molar-refractivity contribution in [2.45, 2.75) is 169 Å². The number of ketones is 1. The SMILES string of the molecule is CC(C)(C)NCCOCCOCC(=O)C(C)(C)NCC(=O)NC(CCCCNC(=O)c1ccc(N)cc1)C(N)=O.CC(C)(CC(C)(C)C(=O)NCC1CCC(C(=O)NC(CCC(=O)NC(C=O)CCC(=O)O)C(=O)O)CC1)C(=O)O. The lowest BCUT2D eigenvalue weighted by Gasteiger charge is -2.33. The molecule has 3 unspecified atom stereocenters. The number of anilines is 1. The second-order valence-corrected chi connectivity index (χ2v) is 23.0. The van der Waals surface area contributed by atoms with Crippen LogP contribution in [-0.2, 0) is 57.4 Å². The highest BCUT2D eigenvalue weighted by molar-refractivity contribution is 5.94. The smallest absolute Gasteiger partial charge is 0.326 e. The molecule has 25 nitrogen and oxygen atoms in total. The van der Waals surface area contributed by atoms with E-state index in [1.54, 1.807) is 65.8 Å². The van der Waals surface area contributed by atoms with Crippen LogP contribution in [0.5, 0.6) is 0 Å². The molecule has 452 valence electrons. The highest BCUT2D eigenvalue weighted by Crippen LogP contribution is 2.35. The number of rotatable bonds is 37. The summed E-state index contributed by atoms with van der Waals surface area (Å²) in [5, 5.41) is 46.9. The molecule has 6 amide bonds. The van der Waals surface area contributed by atoms with Crippen LogP contribution >= 0.6 is 0 Å². The molecule has 80 heavy (non-hydrogen) atoms. The number of hydrogen-bond donors (Lipinski definition) is 12. The predicted molar refractivity (Wildman–Crippen MR) is 297 cm³/mol. The van der Waals surface area contributed by atoms with Gasteiger partial charge in [-0.1, -0.05) is 13.8 Å². The summed E-state index contributed by atoms with van der Waals surface area (Å²) in [6.45, 7) is 18.5. The first-order valence-corrected chi connectivity index (χ1v) is 27.1. The number of nitrogens with one attached hydrogen (secondary N) is 7. The van der Waals surface area contributed by atoms with Gasteiger partial charge in [-0.2, -0.15) is 0 Å². The van der Waals surface area contributed by atoms with Gasteiger partial charge in [-0.15, -0.1) is 0 Å². The quantitative estimate of drug-likeness (QED) is 0.0257. The number of hydrogen-bond acceptors (Lipinski definition) is 16. The molecule has 1 saturated carbocycles. The highest BCUT2D eigenvalue weighted by Gasteiger charge is 2.39. The number of carboxylic acid groups (broad SMARTS) is 3. The maximum atomic E-state index is 12.7. The molecule has 0 saturated heterocycles. The molecular weight excluding hydrogens is 1040 g/mol. The Labute approximate surface area is 469 Å². The molecule has 1 fully saturated rings. The number of benzene rings is 1. The van der Waals surface area contributed by atoms with Gasteiger partial charge in [0.05, 0.1) is 43.4 Å². The molecule has 25 heteroatoms. The fraction of sp³-hybridized carbons (Fsp3) is 0.691. The minimum absolute atomic E-state index is 0.0301. The van der Waals surface area contributed by atoms with Gasteiger partial charge in [0, 0.05) is 60.6 Å². The lowest BCUT2D eigenvalue weighted by molar-refractivity contribution is -0.150. The van der Waals surface area contributed by atoms with Crippen molar-refractivity contribution < 1.29 is 77.5 Å². The van der Waals surface area contributed by atoms with E-state index >= 15 is 0 Å². The lowest BCUT2D eigenvalue weighted by atomic mass is 9.74. The standard InChI is InChI=1S/C28H48N6O6.C27H43N3O10/c1-27(2,3)32-14-15-39-16-17-40-19-23(35)28(4,5)33-18-24(36)34-22(25(30)37)8-6-7-13-31-26(38)20-9-11-21(29)12-10-20;1-26(2,15-27(3,4)25(39)40)24(38)28-13-16-5-7-17(8-6-16)22(35)30-19(23(36)37)10-11-20(32)29-18(14-31)9-12-21(33)34/h9-12,22,32-33H,6-8,13-19,29H2,1-5H3,(H2,30,37)(H,31,38)(H,34,36);14,16-19H,5-13,15H2,1-4H3,(H,28,38)(H,29,32)(H,30,35)(H,33,34)(H,36,37)(H,39,40). The molecule has 14 N–H and O–H groups in total. The fourth-order valence-electron chi connectivity index (χ4n) is 8.33. The van der Waals surface area contributed by atoms with Crippen molar-refractivity contribution in [3.63, 3.8) is 0 Å². The minimum Gasteiger partial charge on any atom is -0.481 e. The average Bonchev–Trinajstić information content (AvgIpc) is 3.37. The van der Waals surface area contributed by atoms with Crippen LogP contribution in [0.4, 0.5) is 5.69 Å². The van der Waals surface area contributed by atoms with Crippen LogP contribution in [0.3, 0.4) is 0 Å². The molecule has 0 aromatic heterocycles. The number of primary amides is 1. The molecule has 0 spiro atoms. The van der Waals surface area contributed by atoms with Gasteiger partial charge in [-0.25, -0.2) is 4.79 Å². The van der Waals surface area contributed by atoms with E-state index in [0.717, 1.165) is 6.54 Å². The summed E-state index contributed by atoms with van der Waals surface area (Å²) in [5.74, 6) is -6.52. The van der Waals surface area contributed by atoms with E-state index in [0.29, 0.717) is 88.8 Å². The molecule has 0 aliphatic heterocycles. The first kappa shape index (κ1) is 71.4. The first-order valence-electron chi connectivity index (χ1n) is 27.1. The van der Waals surface area contributed by atoms with E-state index in [-0.39, 0.29) is 80.9 Å². The summed E-state index contributed by atoms with van der Waals surface area (Å²) in [6, 6.07) is 3.43. The molecule has 2 rings (SSSR count). The van der Waals surface area contributed by atoms with E-state index in [1.165, 1.54) is 0 Å². The molecule has 1 aromatic carbocycles. The third kappa shape index (κ3) is 30.1. The first-order chi connectivity index (χ1) is 37.2. The van der Waals surface area contributed by atoms with Crippen LogP contribution in [0.25, 0.3) is 0 Å². The van der Waals surface area contributed by atoms with Crippen molar-refractivity contribution in [3.05, 3.63) is 29.8 Å². The zero-order valence-electron chi connectivity index (χ0n) is 48.2. The van der Waals surface area contributed by atoms with Crippen molar-refractivity contribution >= 4 is 71.1 Å². The van der Waals surface area contributed by atoms with Crippen LogP contribution in [0.15, 0.2) is 24.3 Å². The molecule has 0 bridgehead atoms. The van der Waals surface area contributed by atoms with Crippen LogP contribution in [0, 0.1) is 22.7 Å². The number of nitrogens with two attached hydrogens (primary N) is 2. The number of unbranched alkanes of at least 4 members (excludes halogenated alkanes) is 1. The van der Waals surface area contributed by atoms with Gasteiger partial charge in [0.2, 0.25) is 29.5 Å². The zero-order chi connectivity index (χ0) is 60.9. The van der Waals surface area contributed by atoms with Gasteiger partial charge in [0.25, 0.3) is 5.91 Å². The molecule has 3 atom stereocenters. The van der Waals surface area contributed by atoms with Gasteiger partial charge in [0.1, 0.15) is 25.0 Å². The van der Waals surface area contributed by atoms with E-state index in [9.17, 15) is 63.0 Å². The van der Waals surface area contributed by atoms with Crippen molar-refractivity contribution in [3.8, 4) is 0 Å². The third-order valence-corrected chi connectivity index (χ3v) is 13.3. The number of aliphatic carboxylic acids is 3. The lowest BCUT2D eigenvalue weighted by Crippen LogP contribution is -2.54. The summed E-state index contributed by atoms with van der Waals surface area (Å²) in [4.78, 5) is 131. The fourth-order valence-corrected chi connectivity index (χ4v) is 8.33. The van der Waals surface area contributed by atoms with Crippen molar-refractivity contribution in [1.29, 1.82) is 0 Å². The number of carbonyl (C=O) groups excluding carboxylic acids is 8. The van der Waals surface area contributed by atoms with E-state index in [2.05, 4.69) is 58.0 Å². The molecule has 0 radical (unpaired) electrons. The van der Waals surface area contributed by atoms with Gasteiger partial charge in [-0.3, -0.25) is 48.5 Å². The molecule has 1 aromatic rings. The van der Waals surface area contributed by atoms with Gasteiger partial charge in [0.15, 0.2) is 5.78 Å². The second kappa shape index (κ2) is 35.2. The minimum atomic E-state index is -1.30. The summed E-state index contributed by atoms with van der Waals surface area (Å²) in [5.41, 5.74) is 9.24. The number of carboxylic acids is 3. The summed E-state index contributed by atoms with van der Waals surface area (Å²) in [6.07, 6.45) is 3.47. The second-order valence-electron chi connectivity index (χ2n) is 23.0. The normalized spacial score (nSPS) is 15.8. The van der Waals surface area contributed by atoms with Crippen LogP contribution in [-0.4, -0.2) is 163 Å². The van der Waals surface area contributed by atoms with Crippen molar-refractivity contribution in [1.82, 2.24) is 37.2 Å². The summed E-state index contributed by atoms with van der Waals surface area (Å²) >= 11 is 0. The Morgan fingerprint density at radius 2 is 1.31 bits per heavy atom. The highest BCUT2D eigenvalue weighted by atomic mass is 16.5. The van der Waals surface area contributed by atoms with Crippen molar-refractivity contribution in [2.24, 2.45) is 28.4 Å².